The molecule has 0 aromatic carbocycles. The van der Waals surface area contributed by atoms with E-state index in [9.17, 15) is 0 Å². The molecule has 0 aliphatic carbocycles. The minimum Gasteiger partial charge on any atom is -0.356 e. The third kappa shape index (κ3) is 6.79. The van der Waals surface area contributed by atoms with Gasteiger partial charge in [0.1, 0.15) is 5.82 Å². The van der Waals surface area contributed by atoms with Crippen LogP contribution in [0.25, 0.3) is 0 Å². The number of rotatable bonds is 9. The number of aromatic nitrogens is 1. The van der Waals surface area contributed by atoms with Crippen LogP contribution < -0.4 is 10.2 Å². The Bertz CT molecular complexity index is 406. The lowest BCUT2D eigenvalue weighted by Gasteiger charge is -2.27. The van der Waals surface area contributed by atoms with Gasteiger partial charge in [-0.15, -0.1) is 0 Å². The summed E-state index contributed by atoms with van der Waals surface area (Å²) in [6, 6.07) is 2.18. The zero-order chi connectivity index (χ0) is 15.8. The monoisotopic (exact) mass is 355 g/mol. The molecule has 1 aromatic rings. The summed E-state index contributed by atoms with van der Waals surface area (Å²) in [5.74, 6) is 2.57. The van der Waals surface area contributed by atoms with Crippen molar-refractivity contribution in [1.29, 1.82) is 0 Å². The highest BCUT2D eigenvalue weighted by Crippen LogP contribution is 2.23. The molecule has 0 saturated heterocycles. The van der Waals surface area contributed by atoms with Gasteiger partial charge in [0, 0.05) is 35.9 Å². The van der Waals surface area contributed by atoms with Crippen molar-refractivity contribution in [2.45, 2.75) is 47.1 Å². The van der Waals surface area contributed by atoms with E-state index in [2.05, 4.69) is 59.9 Å². The average molecular weight is 356 g/mol. The summed E-state index contributed by atoms with van der Waals surface area (Å²) in [5, 5.41) is 3.25. The first-order chi connectivity index (χ1) is 9.93. The molecule has 0 atom stereocenters. The highest BCUT2D eigenvalue weighted by molar-refractivity contribution is 9.10. The predicted molar refractivity (Wildman–Crippen MR) is 95.8 cm³/mol. The van der Waals surface area contributed by atoms with Crippen LogP contribution in [0.4, 0.5) is 5.82 Å². The van der Waals surface area contributed by atoms with Crippen molar-refractivity contribution >= 4 is 21.7 Å². The van der Waals surface area contributed by atoms with Crippen molar-refractivity contribution in [3.8, 4) is 0 Å². The molecule has 0 saturated carbocycles. The van der Waals surface area contributed by atoms with Crippen LogP contribution in [0.3, 0.4) is 0 Å². The van der Waals surface area contributed by atoms with Crippen LogP contribution in [0.1, 0.15) is 46.1 Å². The fraction of sp³-hybridized carbons (Fsp3) is 0.706. The van der Waals surface area contributed by atoms with Gasteiger partial charge in [-0.25, -0.2) is 4.98 Å². The van der Waals surface area contributed by atoms with E-state index in [1.54, 1.807) is 0 Å². The van der Waals surface area contributed by atoms with Crippen LogP contribution in [0.15, 0.2) is 16.7 Å². The van der Waals surface area contributed by atoms with Crippen LogP contribution in [0.5, 0.6) is 0 Å². The minimum atomic E-state index is 0.717. The SMILES string of the molecule is CNCc1cc(Br)cnc1N(CCC(C)C)CCC(C)C. The third-order valence-corrected chi connectivity index (χ3v) is 3.96. The van der Waals surface area contributed by atoms with Crippen LogP contribution in [-0.2, 0) is 6.54 Å². The van der Waals surface area contributed by atoms with E-state index in [0.29, 0.717) is 0 Å². The molecule has 1 heterocycles. The summed E-state index contributed by atoms with van der Waals surface area (Å²) in [4.78, 5) is 7.15. The number of nitrogens with zero attached hydrogens (tertiary/aromatic N) is 2. The van der Waals surface area contributed by atoms with Gasteiger partial charge in [0.15, 0.2) is 0 Å². The van der Waals surface area contributed by atoms with Gasteiger partial charge in [-0.2, -0.15) is 0 Å². The molecular weight excluding hydrogens is 326 g/mol. The van der Waals surface area contributed by atoms with Gasteiger partial charge in [0.25, 0.3) is 0 Å². The van der Waals surface area contributed by atoms with Crippen molar-refractivity contribution in [2.24, 2.45) is 11.8 Å². The van der Waals surface area contributed by atoms with E-state index < -0.39 is 0 Å². The molecule has 1 N–H and O–H groups in total. The number of nitrogens with one attached hydrogen (secondary N) is 1. The maximum absolute atomic E-state index is 4.69. The average Bonchev–Trinajstić information content (AvgIpc) is 2.40. The zero-order valence-corrected chi connectivity index (χ0v) is 15.7. The van der Waals surface area contributed by atoms with Gasteiger partial charge in [0.05, 0.1) is 0 Å². The van der Waals surface area contributed by atoms with Gasteiger partial charge < -0.3 is 10.2 Å². The molecule has 0 bridgehead atoms. The summed E-state index contributed by atoms with van der Waals surface area (Å²) in [7, 11) is 1.98. The molecular formula is C17H30BrN3. The molecule has 0 aliphatic rings. The number of hydrogen-bond donors (Lipinski definition) is 1. The topological polar surface area (TPSA) is 28.2 Å². The summed E-state index contributed by atoms with van der Waals surface area (Å²) < 4.78 is 1.05. The summed E-state index contributed by atoms with van der Waals surface area (Å²) in [6.07, 6.45) is 4.32. The van der Waals surface area contributed by atoms with E-state index >= 15 is 0 Å². The molecule has 0 fully saturated rings. The predicted octanol–water partition coefficient (Wildman–Crippen LogP) is 4.46. The maximum atomic E-state index is 4.69. The lowest BCUT2D eigenvalue weighted by molar-refractivity contribution is 0.531. The molecule has 21 heavy (non-hydrogen) atoms. The van der Waals surface area contributed by atoms with Crippen molar-refractivity contribution < 1.29 is 0 Å². The number of halogens is 1. The Morgan fingerprint density at radius 1 is 1.14 bits per heavy atom. The summed E-state index contributed by atoms with van der Waals surface area (Å²) in [6.45, 7) is 12.1. The smallest absolute Gasteiger partial charge is 0.133 e. The van der Waals surface area contributed by atoms with Gasteiger partial charge in [-0.05, 0) is 53.7 Å². The molecule has 0 amide bonds. The second-order valence-electron chi connectivity index (χ2n) is 6.52. The van der Waals surface area contributed by atoms with Crippen molar-refractivity contribution in [2.75, 3.05) is 25.0 Å². The Morgan fingerprint density at radius 2 is 1.71 bits per heavy atom. The summed E-state index contributed by atoms with van der Waals surface area (Å²) >= 11 is 3.53. The first kappa shape index (κ1) is 18.4. The highest BCUT2D eigenvalue weighted by Gasteiger charge is 2.14. The first-order valence-corrected chi connectivity index (χ1v) is 8.77. The maximum Gasteiger partial charge on any atom is 0.133 e. The highest BCUT2D eigenvalue weighted by atomic mass is 79.9. The van der Waals surface area contributed by atoms with E-state index in [4.69, 9.17) is 4.98 Å². The second-order valence-corrected chi connectivity index (χ2v) is 7.43. The van der Waals surface area contributed by atoms with Crippen molar-refractivity contribution in [3.63, 3.8) is 0 Å². The molecule has 0 spiro atoms. The van der Waals surface area contributed by atoms with Crippen molar-refractivity contribution in [1.82, 2.24) is 10.3 Å². The van der Waals surface area contributed by atoms with E-state index in [-0.39, 0.29) is 0 Å². The molecule has 3 nitrogen and oxygen atoms in total. The van der Waals surface area contributed by atoms with Crippen LogP contribution in [0.2, 0.25) is 0 Å². The second kappa shape index (κ2) is 9.42. The molecule has 0 radical (unpaired) electrons. The standard InChI is InChI=1S/C17H30BrN3/c1-13(2)6-8-21(9-7-14(3)4)17-15(11-19-5)10-16(18)12-20-17/h10,12-14,19H,6-9,11H2,1-5H3. The Balaban J connectivity index is 2.93. The number of anilines is 1. The van der Waals surface area contributed by atoms with Gasteiger partial charge >= 0.3 is 0 Å². The fourth-order valence-corrected chi connectivity index (χ4v) is 2.61. The summed E-state index contributed by atoms with van der Waals surface area (Å²) in [5.41, 5.74) is 1.26. The van der Waals surface area contributed by atoms with E-state index in [0.717, 1.165) is 41.8 Å². The molecule has 120 valence electrons. The van der Waals surface area contributed by atoms with Gasteiger partial charge in [-0.1, -0.05) is 27.7 Å². The quantitative estimate of drug-likeness (QED) is 0.708. The van der Waals surface area contributed by atoms with E-state index in [1.807, 2.05) is 13.2 Å². The fourth-order valence-electron chi connectivity index (χ4n) is 2.23. The lowest BCUT2D eigenvalue weighted by atomic mass is 10.1. The number of pyridine rings is 1. The Kier molecular flexibility index (Phi) is 8.27. The van der Waals surface area contributed by atoms with E-state index in [1.165, 1.54) is 18.4 Å². The number of hydrogen-bond acceptors (Lipinski definition) is 3. The minimum absolute atomic E-state index is 0.717. The Labute approximate surface area is 138 Å². The molecule has 0 aliphatic heterocycles. The van der Waals surface area contributed by atoms with Crippen molar-refractivity contribution in [3.05, 3.63) is 22.3 Å². The molecule has 0 unspecified atom stereocenters. The largest absolute Gasteiger partial charge is 0.356 e. The third-order valence-electron chi connectivity index (χ3n) is 3.53. The normalized spacial score (nSPS) is 11.4. The van der Waals surface area contributed by atoms with Gasteiger partial charge in [0.2, 0.25) is 0 Å². The Morgan fingerprint density at radius 3 is 2.19 bits per heavy atom. The molecule has 1 aromatic heterocycles. The van der Waals surface area contributed by atoms with Gasteiger partial charge in [-0.3, -0.25) is 0 Å². The zero-order valence-electron chi connectivity index (χ0n) is 14.1. The molecule has 1 rings (SSSR count). The van der Waals surface area contributed by atoms with Crippen LogP contribution in [0, 0.1) is 11.8 Å². The lowest BCUT2D eigenvalue weighted by Crippen LogP contribution is -2.30. The molecule has 4 heteroatoms. The van der Waals surface area contributed by atoms with Crippen LogP contribution in [-0.4, -0.2) is 25.1 Å². The first-order valence-electron chi connectivity index (χ1n) is 7.98. The Hall–Kier alpha value is -0.610. The van der Waals surface area contributed by atoms with Crippen LogP contribution >= 0.6 is 15.9 Å².